The van der Waals surface area contributed by atoms with Crippen LogP contribution in [-0.4, -0.2) is 51.9 Å². The molecule has 30 heavy (non-hydrogen) atoms. The lowest BCUT2D eigenvalue weighted by Gasteiger charge is -2.25. The average molecular weight is 444 g/mol. The van der Waals surface area contributed by atoms with E-state index in [-0.39, 0.29) is 35.4 Å². The van der Waals surface area contributed by atoms with Gasteiger partial charge in [0.2, 0.25) is 5.91 Å². The average Bonchev–Trinajstić information content (AvgIpc) is 3.35. The Kier molecular flexibility index (Phi) is 5.06. The fourth-order valence-corrected chi connectivity index (χ4v) is 5.97. The van der Waals surface area contributed by atoms with Crippen LogP contribution in [0.1, 0.15) is 62.2 Å². The Hall–Kier alpha value is -2.17. The van der Waals surface area contributed by atoms with Crippen LogP contribution < -0.4 is 0 Å². The minimum absolute atomic E-state index is 0.00683. The van der Waals surface area contributed by atoms with E-state index < -0.39 is 33.7 Å². The van der Waals surface area contributed by atoms with E-state index in [1.54, 1.807) is 18.7 Å². The van der Waals surface area contributed by atoms with Crippen molar-refractivity contribution >= 4 is 21.4 Å². The number of amides is 1. The summed E-state index contributed by atoms with van der Waals surface area (Å²) in [6.45, 7) is 3.97. The molecule has 0 radical (unpaired) electrons. The number of likely N-dealkylation sites (tertiary alicyclic amines) is 1. The fourth-order valence-electron chi connectivity index (χ4n) is 4.23. The quantitative estimate of drug-likeness (QED) is 0.727. The van der Waals surface area contributed by atoms with Crippen LogP contribution in [0.2, 0.25) is 0 Å². The zero-order valence-electron chi connectivity index (χ0n) is 16.7. The van der Waals surface area contributed by atoms with Crippen LogP contribution in [-0.2, 0) is 20.8 Å². The molecule has 0 saturated carbocycles. The van der Waals surface area contributed by atoms with Crippen molar-refractivity contribution in [2.45, 2.75) is 51.2 Å². The fraction of sp³-hybridized carbons (Fsp3) is 0.632. The van der Waals surface area contributed by atoms with Gasteiger partial charge < -0.3 is 4.90 Å². The van der Waals surface area contributed by atoms with Crippen molar-refractivity contribution in [1.29, 1.82) is 0 Å². The predicted octanol–water partition coefficient (Wildman–Crippen LogP) is 2.97. The molecule has 2 aromatic rings. The zero-order valence-corrected chi connectivity index (χ0v) is 17.5. The molecule has 0 bridgehead atoms. The van der Waals surface area contributed by atoms with Gasteiger partial charge in [0.05, 0.1) is 29.2 Å². The molecule has 2 unspecified atom stereocenters. The highest BCUT2D eigenvalue weighted by Gasteiger charge is 2.41. The second-order valence-electron chi connectivity index (χ2n) is 8.35. The lowest BCUT2D eigenvalue weighted by Crippen LogP contribution is -2.36. The molecule has 4 heterocycles. The summed E-state index contributed by atoms with van der Waals surface area (Å²) in [5.41, 5.74) is -0.149. The highest BCUT2D eigenvalue weighted by molar-refractivity contribution is 7.91. The summed E-state index contributed by atoms with van der Waals surface area (Å²) in [5, 5.41) is 4.17. The van der Waals surface area contributed by atoms with E-state index in [1.807, 2.05) is 0 Å². The molecule has 2 atom stereocenters. The number of fused-ring (bicyclic) bond motifs is 1. The van der Waals surface area contributed by atoms with Crippen molar-refractivity contribution in [2.75, 3.05) is 18.1 Å². The van der Waals surface area contributed by atoms with Crippen molar-refractivity contribution in [1.82, 2.24) is 19.5 Å². The van der Waals surface area contributed by atoms with Gasteiger partial charge >= 0.3 is 6.18 Å². The number of carbonyl (C=O) groups excluding carboxylic acids is 1. The normalized spacial score (nSPS) is 24.3. The standard InChI is InChI=1S/C19H23F3N4O3S/c1-11(2)13-8-16(19(20,21)22)26-17(23-13)9-14(24-26)15-4-3-6-25(15)18(27)12-5-7-30(28,29)10-12/h8-9,11-12,15H,3-7,10H2,1-2H3. The van der Waals surface area contributed by atoms with Crippen molar-refractivity contribution in [2.24, 2.45) is 5.92 Å². The third kappa shape index (κ3) is 3.79. The molecule has 0 N–H and O–H groups in total. The first-order valence-electron chi connectivity index (χ1n) is 9.95. The van der Waals surface area contributed by atoms with Crippen LogP contribution >= 0.6 is 0 Å². The number of rotatable bonds is 3. The first-order chi connectivity index (χ1) is 14.0. The molecule has 11 heteroatoms. The maximum atomic E-state index is 13.6. The smallest absolute Gasteiger partial charge is 0.334 e. The molecule has 2 fully saturated rings. The lowest BCUT2D eigenvalue weighted by atomic mass is 10.1. The van der Waals surface area contributed by atoms with Crippen molar-refractivity contribution in [3.8, 4) is 0 Å². The van der Waals surface area contributed by atoms with Gasteiger partial charge in [0.15, 0.2) is 15.5 Å². The lowest BCUT2D eigenvalue weighted by molar-refractivity contribution is -0.143. The largest absolute Gasteiger partial charge is 0.433 e. The Bertz CT molecular complexity index is 1090. The number of carbonyl (C=O) groups is 1. The second kappa shape index (κ2) is 7.21. The monoisotopic (exact) mass is 444 g/mol. The molecular formula is C19H23F3N4O3S. The van der Waals surface area contributed by atoms with E-state index in [0.29, 0.717) is 30.8 Å². The number of hydrogen-bond acceptors (Lipinski definition) is 5. The van der Waals surface area contributed by atoms with E-state index in [9.17, 15) is 26.4 Å². The summed E-state index contributed by atoms with van der Waals surface area (Å²) >= 11 is 0. The summed E-state index contributed by atoms with van der Waals surface area (Å²) in [6, 6.07) is 2.03. The van der Waals surface area contributed by atoms with Gasteiger partial charge in [-0.25, -0.2) is 17.9 Å². The highest BCUT2D eigenvalue weighted by Crippen LogP contribution is 2.36. The molecule has 0 spiro atoms. The van der Waals surface area contributed by atoms with Crippen LogP contribution in [0.15, 0.2) is 12.1 Å². The summed E-state index contributed by atoms with van der Waals surface area (Å²) in [4.78, 5) is 18.8. The maximum Gasteiger partial charge on any atom is 0.433 e. The van der Waals surface area contributed by atoms with E-state index >= 15 is 0 Å². The molecule has 0 aromatic carbocycles. The second-order valence-corrected chi connectivity index (χ2v) is 10.6. The summed E-state index contributed by atoms with van der Waals surface area (Å²) in [7, 11) is -3.21. The first kappa shape index (κ1) is 21.1. The molecule has 7 nitrogen and oxygen atoms in total. The SMILES string of the molecule is CC(C)c1cc(C(F)(F)F)n2nc(C3CCCN3C(=O)C3CCS(=O)(=O)C3)cc2n1. The molecule has 4 rings (SSSR count). The maximum absolute atomic E-state index is 13.6. The Morgan fingerprint density at radius 2 is 1.97 bits per heavy atom. The number of halogens is 3. The summed E-state index contributed by atoms with van der Waals surface area (Å²) < 4.78 is 65.1. The highest BCUT2D eigenvalue weighted by atomic mass is 32.2. The molecule has 1 amide bonds. The Balaban J connectivity index is 1.71. The third-order valence-electron chi connectivity index (χ3n) is 5.81. The van der Waals surface area contributed by atoms with Gasteiger partial charge in [0.1, 0.15) is 5.69 Å². The van der Waals surface area contributed by atoms with E-state index in [0.717, 1.165) is 10.6 Å². The van der Waals surface area contributed by atoms with Gasteiger partial charge in [-0.05, 0) is 31.2 Å². The van der Waals surface area contributed by atoms with Gasteiger partial charge in [-0.1, -0.05) is 13.8 Å². The molecule has 2 saturated heterocycles. The van der Waals surface area contributed by atoms with Crippen molar-refractivity contribution in [3.05, 3.63) is 29.2 Å². The number of nitrogens with zero attached hydrogens (tertiary/aromatic N) is 4. The topological polar surface area (TPSA) is 84.6 Å². The Morgan fingerprint density at radius 3 is 2.57 bits per heavy atom. The number of aromatic nitrogens is 3. The summed E-state index contributed by atoms with van der Waals surface area (Å²) in [5.74, 6) is -1.22. The minimum Gasteiger partial charge on any atom is -0.334 e. The number of hydrogen-bond donors (Lipinski definition) is 0. The van der Waals surface area contributed by atoms with Gasteiger partial charge in [0, 0.05) is 18.3 Å². The summed E-state index contributed by atoms with van der Waals surface area (Å²) in [6.07, 6.45) is -3.07. The van der Waals surface area contributed by atoms with Crippen molar-refractivity contribution in [3.63, 3.8) is 0 Å². The zero-order chi connectivity index (χ0) is 21.8. The van der Waals surface area contributed by atoms with Crippen LogP contribution in [0.3, 0.4) is 0 Å². The third-order valence-corrected chi connectivity index (χ3v) is 7.57. The minimum atomic E-state index is -4.60. The van der Waals surface area contributed by atoms with Crippen LogP contribution in [0.5, 0.6) is 0 Å². The molecule has 164 valence electrons. The number of sulfone groups is 1. The first-order valence-corrected chi connectivity index (χ1v) is 11.8. The van der Waals surface area contributed by atoms with E-state index in [1.165, 1.54) is 6.07 Å². The predicted molar refractivity (Wildman–Crippen MR) is 103 cm³/mol. The van der Waals surface area contributed by atoms with Crippen molar-refractivity contribution < 1.29 is 26.4 Å². The van der Waals surface area contributed by atoms with Crippen LogP contribution in [0.25, 0.3) is 5.65 Å². The molecule has 0 aliphatic carbocycles. The van der Waals surface area contributed by atoms with E-state index in [4.69, 9.17) is 0 Å². The number of alkyl halides is 3. The van der Waals surface area contributed by atoms with Crippen LogP contribution in [0, 0.1) is 5.92 Å². The van der Waals surface area contributed by atoms with Gasteiger partial charge in [-0.2, -0.15) is 18.3 Å². The van der Waals surface area contributed by atoms with Gasteiger partial charge in [-0.15, -0.1) is 0 Å². The molecular weight excluding hydrogens is 421 g/mol. The van der Waals surface area contributed by atoms with Crippen LogP contribution in [0.4, 0.5) is 13.2 Å². The molecule has 2 aliphatic heterocycles. The van der Waals surface area contributed by atoms with E-state index in [2.05, 4.69) is 10.1 Å². The Morgan fingerprint density at radius 1 is 1.23 bits per heavy atom. The Labute approximate surface area is 172 Å². The van der Waals surface area contributed by atoms with Gasteiger partial charge in [-0.3, -0.25) is 4.79 Å². The molecule has 2 aromatic heterocycles. The van der Waals surface area contributed by atoms with Gasteiger partial charge in [0.25, 0.3) is 0 Å². The molecule has 2 aliphatic rings.